The standard InChI is InChI=1S/C21H22N6O2/c1-13(2)27-12-18(17-11-16(29-4)8-9-19(17)27)21(28)22-15-7-5-6-14(10-15)20-23-25-26(3)24-20/h5-13H,1-4H3,(H,22,28). The van der Waals surface area contributed by atoms with Crippen LogP contribution >= 0.6 is 0 Å². The van der Waals surface area contributed by atoms with E-state index in [4.69, 9.17) is 4.74 Å². The molecule has 0 fully saturated rings. The van der Waals surface area contributed by atoms with E-state index < -0.39 is 0 Å². The van der Waals surface area contributed by atoms with Gasteiger partial charge in [-0.05, 0) is 49.4 Å². The summed E-state index contributed by atoms with van der Waals surface area (Å²) in [5, 5.41) is 15.9. The first-order valence-corrected chi connectivity index (χ1v) is 9.30. The maximum Gasteiger partial charge on any atom is 0.257 e. The number of methoxy groups -OCH3 is 1. The molecule has 4 aromatic rings. The van der Waals surface area contributed by atoms with Gasteiger partial charge in [-0.1, -0.05) is 12.1 Å². The third-order valence-electron chi connectivity index (χ3n) is 4.73. The zero-order chi connectivity index (χ0) is 20.5. The Balaban J connectivity index is 1.69. The molecule has 0 spiro atoms. The van der Waals surface area contributed by atoms with Gasteiger partial charge >= 0.3 is 0 Å². The Kier molecular flexibility index (Phi) is 4.75. The van der Waals surface area contributed by atoms with Crippen molar-refractivity contribution in [3.63, 3.8) is 0 Å². The predicted octanol–water partition coefficient (Wildman–Crippen LogP) is 3.67. The molecular weight excluding hydrogens is 368 g/mol. The van der Waals surface area contributed by atoms with E-state index in [1.807, 2.05) is 48.7 Å². The van der Waals surface area contributed by atoms with Crippen molar-refractivity contribution in [3.8, 4) is 17.1 Å². The summed E-state index contributed by atoms with van der Waals surface area (Å²) in [6, 6.07) is 13.4. The predicted molar refractivity (Wildman–Crippen MR) is 111 cm³/mol. The van der Waals surface area contributed by atoms with Gasteiger partial charge in [0, 0.05) is 34.4 Å². The number of fused-ring (bicyclic) bond motifs is 1. The van der Waals surface area contributed by atoms with Crippen LogP contribution < -0.4 is 10.1 Å². The molecule has 1 amide bonds. The van der Waals surface area contributed by atoms with Crippen molar-refractivity contribution in [2.75, 3.05) is 12.4 Å². The first-order valence-electron chi connectivity index (χ1n) is 9.30. The van der Waals surface area contributed by atoms with Crippen molar-refractivity contribution in [1.82, 2.24) is 24.8 Å². The molecule has 0 aliphatic rings. The second-order valence-corrected chi connectivity index (χ2v) is 7.06. The third-order valence-corrected chi connectivity index (χ3v) is 4.73. The van der Waals surface area contributed by atoms with Crippen molar-refractivity contribution in [2.24, 2.45) is 7.05 Å². The van der Waals surface area contributed by atoms with Gasteiger partial charge in [0.15, 0.2) is 0 Å². The molecule has 2 heterocycles. The minimum Gasteiger partial charge on any atom is -0.497 e. The molecule has 1 N–H and O–H groups in total. The number of aromatic nitrogens is 5. The van der Waals surface area contributed by atoms with E-state index in [9.17, 15) is 4.79 Å². The van der Waals surface area contributed by atoms with Crippen LogP contribution in [0.15, 0.2) is 48.7 Å². The summed E-state index contributed by atoms with van der Waals surface area (Å²) in [7, 11) is 3.33. The van der Waals surface area contributed by atoms with E-state index in [0.29, 0.717) is 22.8 Å². The smallest absolute Gasteiger partial charge is 0.257 e. The SMILES string of the molecule is COc1ccc2c(c1)c(C(=O)Nc1cccc(-c3nnn(C)n3)c1)cn2C(C)C. The average Bonchev–Trinajstić information content (AvgIpc) is 3.31. The molecule has 0 saturated carbocycles. The van der Waals surface area contributed by atoms with Gasteiger partial charge in [-0.2, -0.15) is 4.80 Å². The summed E-state index contributed by atoms with van der Waals surface area (Å²) in [6.45, 7) is 4.17. The number of anilines is 1. The van der Waals surface area contributed by atoms with Crippen molar-refractivity contribution < 1.29 is 9.53 Å². The first kappa shape index (κ1) is 18.7. The number of rotatable bonds is 5. The molecule has 4 rings (SSSR count). The van der Waals surface area contributed by atoms with Gasteiger partial charge in [-0.3, -0.25) is 4.79 Å². The monoisotopic (exact) mass is 390 g/mol. The van der Waals surface area contributed by atoms with Crippen molar-refractivity contribution in [1.29, 1.82) is 0 Å². The maximum atomic E-state index is 13.1. The molecule has 2 aromatic carbocycles. The topological polar surface area (TPSA) is 86.9 Å². The first-order chi connectivity index (χ1) is 14.0. The van der Waals surface area contributed by atoms with Crippen molar-refractivity contribution in [2.45, 2.75) is 19.9 Å². The summed E-state index contributed by atoms with van der Waals surface area (Å²) in [5.74, 6) is 1.03. The normalized spacial score (nSPS) is 11.2. The van der Waals surface area contributed by atoms with Crippen LogP contribution in [0.4, 0.5) is 5.69 Å². The van der Waals surface area contributed by atoms with E-state index in [1.165, 1.54) is 4.80 Å². The van der Waals surface area contributed by atoms with E-state index in [0.717, 1.165) is 16.5 Å². The van der Waals surface area contributed by atoms with Crippen LogP contribution in [-0.4, -0.2) is 37.8 Å². The van der Waals surface area contributed by atoms with Gasteiger partial charge in [0.05, 0.1) is 19.7 Å². The number of tetrazole rings is 1. The number of nitrogens with zero attached hydrogens (tertiary/aromatic N) is 5. The number of aryl methyl sites for hydroxylation is 1. The summed E-state index contributed by atoms with van der Waals surface area (Å²) in [4.78, 5) is 14.5. The summed E-state index contributed by atoms with van der Waals surface area (Å²) < 4.78 is 7.44. The van der Waals surface area contributed by atoms with Gasteiger partial charge in [-0.25, -0.2) is 0 Å². The van der Waals surface area contributed by atoms with Crippen LogP contribution in [0.25, 0.3) is 22.3 Å². The van der Waals surface area contributed by atoms with E-state index in [1.54, 1.807) is 14.2 Å². The van der Waals surface area contributed by atoms with Crippen LogP contribution in [0.1, 0.15) is 30.2 Å². The number of nitrogens with one attached hydrogen (secondary N) is 1. The molecule has 0 aliphatic heterocycles. The van der Waals surface area contributed by atoms with Crippen LogP contribution in [0.2, 0.25) is 0 Å². The van der Waals surface area contributed by atoms with Gasteiger partial charge in [0.1, 0.15) is 5.75 Å². The minimum absolute atomic E-state index is 0.188. The second kappa shape index (κ2) is 7.38. The molecule has 2 aromatic heterocycles. The Hall–Kier alpha value is -3.68. The number of benzene rings is 2. The Labute approximate surface area is 168 Å². The Morgan fingerprint density at radius 3 is 2.69 bits per heavy atom. The van der Waals surface area contributed by atoms with Gasteiger partial charge in [0.25, 0.3) is 5.91 Å². The maximum absolute atomic E-state index is 13.1. The molecule has 0 radical (unpaired) electrons. The Morgan fingerprint density at radius 2 is 2.00 bits per heavy atom. The third kappa shape index (κ3) is 3.56. The number of carbonyl (C=O) groups excluding carboxylic acids is 1. The average molecular weight is 390 g/mol. The molecule has 0 atom stereocenters. The van der Waals surface area contributed by atoms with E-state index in [2.05, 4.69) is 39.1 Å². The number of ether oxygens (including phenoxy) is 1. The fourth-order valence-corrected chi connectivity index (χ4v) is 3.30. The zero-order valence-electron chi connectivity index (χ0n) is 16.7. The summed E-state index contributed by atoms with van der Waals surface area (Å²) >= 11 is 0. The van der Waals surface area contributed by atoms with Gasteiger partial charge in [0.2, 0.25) is 5.82 Å². The highest BCUT2D eigenvalue weighted by Crippen LogP contribution is 2.29. The molecule has 0 bridgehead atoms. The number of hydrogen-bond acceptors (Lipinski definition) is 5. The number of hydrogen-bond donors (Lipinski definition) is 1. The van der Waals surface area contributed by atoms with E-state index >= 15 is 0 Å². The number of amides is 1. The molecule has 0 unspecified atom stereocenters. The molecule has 0 aliphatic carbocycles. The fraction of sp³-hybridized carbons (Fsp3) is 0.238. The van der Waals surface area contributed by atoms with Crippen LogP contribution in [0.5, 0.6) is 5.75 Å². The van der Waals surface area contributed by atoms with Crippen molar-refractivity contribution >= 4 is 22.5 Å². The molecule has 29 heavy (non-hydrogen) atoms. The highest BCUT2D eigenvalue weighted by Gasteiger charge is 2.18. The molecule has 0 saturated heterocycles. The lowest BCUT2D eigenvalue weighted by molar-refractivity contribution is 0.102. The fourth-order valence-electron chi connectivity index (χ4n) is 3.30. The Bertz CT molecular complexity index is 1190. The molecule has 148 valence electrons. The lowest BCUT2D eigenvalue weighted by Crippen LogP contribution is -2.11. The van der Waals surface area contributed by atoms with Gasteiger partial charge < -0.3 is 14.6 Å². The highest BCUT2D eigenvalue weighted by molar-refractivity contribution is 6.13. The summed E-state index contributed by atoms with van der Waals surface area (Å²) in [6.07, 6.45) is 1.89. The lowest BCUT2D eigenvalue weighted by atomic mass is 10.1. The highest BCUT2D eigenvalue weighted by atomic mass is 16.5. The van der Waals surface area contributed by atoms with Crippen LogP contribution in [0, 0.1) is 0 Å². The quantitative estimate of drug-likeness (QED) is 0.562. The molecule has 8 nitrogen and oxygen atoms in total. The van der Waals surface area contributed by atoms with E-state index in [-0.39, 0.29) is 11.9 Å². The zero-order valence-corrected chi connectivity index (χ0v) is 16.7. The molecule has 8 heteroatoms. The lowest BCUT2D eigenvalue weighted by Gasteiger charge is -2.09. The Morgan fingerprint density at radius 1 is 1.17 bits per heavy atom. The largest absolute Gasteiger partial charge is 0.497 e. The van der Waals surface area contributed by atoms with Crippen LogP contribution in [-0.2, 0) is 7.05 Å². The number of carbonyl (C=O) groups is 1. The molecular formula is C21H22N6O2. The van der Waals surface area contributed by atoms with Crippen LogP contribution in [0.3, 0.4) is 0 Å². The minimum atomic E-state index is -0.188. The summed E-state index contributed by atoms with van der Waals surface area (Å²) in [5.41, 5.74) is 3.02. The van der Waals surface area contributed by atoms with Gasteiger partial charge in [-0.15, -0.1) is 10.2 Å². The van der Waals surface area contributed by atoms with Crippen molar-refractivity contribution in [3.05, 3.63) is 54.2 Å². The second-order valence-electron chi connectivity index (χ2n) is 7.06.